The van der Waals surface area contributed by atoms with Gasteiger partial charge in [0.25, 0.3) is 0 Å². The standard InChI is InChI=1S/C8H7BrClNO/c1-5(12)6-2-7(4-10)11-8(9)3-6/h2-3H,4H2,1H3. The highest BCUT2D eigenvalue weighted by Gasteiger charge is 2.03. The molecule has 0 aromatic carbocycles. The Balaban J connectivity index is 3.15. The van der Waals surface area contributed by atoms with Crippen molar-refractivity contribution in [1.29, 1.82) is 0 Å². The summed E-state index contributed by atoms with van der Waals surface area (Å²) in [6.45, 7) is 1.51. The van der Waals surface area contributed by atoms with Gasteiger partial charge in [-0.15, -0.1) is 11.6 Å². The summed E-state index contributed by atoms with van der Waals surface area (Å²) < 4.78 is 0.644. The van der Waals surface area contributed by atoms with Gasteiger partial charge in [-0.2, -0.15) is 0 Å². The van der Waals surface area contributed by atoms with Crippen molar-refractivity contribution in [1.82, 2.24) is 4.98 Å². The molecule has 0 aliphatic heterocycles. The Morgan fingerprint density at radius 1 is 1.67 bits per heavy atom. The number of halogens is 2. The lowest BCUT2D eigenvalue weighted by molar-refractivity contribution is 0.101. The molecule has 12 heavy (non-hydrogen) atoms. The number of hydrogen-bond donors (Lipinski definition) is 0. The zero-order chi connectivity index (χ0) is 9.14. The van der Waals surface area contributed by atoms with Gasteiger partial charge in [-0.25, -0.2) is 4.98 Å². The van der Waals surface area contributed by atoms with Crippen molar-refractivity contribution in [2.24, 2.45) is 0 Å². The highest BCUT2D eigenvalue weighted by atomic mass is 79.9. The predicted octanol–water partition coefficient (Wildman–Crippen LogP) is 2.79. The Kier molecular flexibility index (Phi) is 3.23. The number of ketones is 1. The van der Waals surface area contributed by atoms with Crippen LogP contribution in [0.1, 0.15) is 23.0 Å². The summed E-state index contributed by atoms with van der Waals surface area (Å²) in [5, 5.41) is 0. The molecular formula is C8H7BrClNO. The maximum Gasteiger partial charge on any atom is 0.159 e. The van der Waals surface area contributed by atoms with E-state index in [0.717, 1.165) is 0 Å². The molecule has 0 N–H and O–H groups in total. The Morgan fingerprint density at radius 3 is 2.83 bits per heavy atom. The average Bonchev–Trinajstić information content (AvgIpc) is 2.03. The SMILES string of the molecule is CC(=O)c1cc(Br)nc(CCl)c1. The van der Waals surface area contributed by atoms with E-state index in [2.05, 4.69) is 20.9 Å². The molecule has 0 bridgehead atoms. The number of pyridine rings is 1. The quantitative estimate of drug-likeness (QED) is 0.458. The Labute approximate surface area is 84.1 Å². The summed E-state index contributed by atoms with van der Waals surface area (Å²) in [4.78, 5) is 15.0. The number of alkyl halides is 1. The van der Waals surface area contributed by atoms with Gasteiger partial charge in [0.2, 0.25) is 0 Å². The summed E-state index contributed by atoms with van der Waals surface area (Å²) in [5.41, 5.74) is 1.34. The van der Waals surface area contributed by atoms with Gasteiger partial charge < -0.3 is 0 Å². The number of carbonyl (C=O) groups excluding carboxylic acids is 1. The zero-order valence-corrected chi connectivity index (χ0v) is 8.82. The molecule has 0 saturated carbocycles. The van der Waals surface area contributed by atoms with Gasteiger partial charge in [-0.1, -0.05) is 0 Å². The maximum atomic E-state index is 11.0. The van der Waals surface area contributed by atoms with E-state index in [4.69, 9.17) is 11.6 Å². The van der Waals surface area contributed by atoms with E-state index in [0.29, 0.717) is 21.7 Å². The Hall–Kier alpha value is -0.410. The average molecular weight is 249 g/mol. The van der Waals surface area contributed by atoms with Crippen LogP contribution in [0.3, 0.4) is 0 Å². The first-order chi connectivity index (χ1) is 5.63. The molecule has 64 valence electrons. The van der Waals surface area contributed by atoms with Crippen LogP contribution in [-0.2, 0) is 5.88 Å². The number of nitrogens with zero attached hydrogens (tertiary/aromatic N) is 1. The number of hydrogen-bond acceptors (Lipinski definition) is 2. The van der Waals surface area contributed by atoms with Crippen molar-refractivity contribution in [3.8, 4) is 0 Å². The molecule has 0 radical (unpaired) electrons. The van der Waals surface area contributed by atoms with Crippen LogP contribution in [0.4, 0.5) is 0 Å². The number of aromatic nitrogens is 1. The van der Waals surface area contributed by atoms with Crippen molar-refractivity contribution in [2.75, 3.05) is 0 Å². The monoisotopic (exact) mass is 247 g/mol. The van der Waals surface area contributed by atoms with E-state index in [1.807, 2.05) is 0 Å². The summed E-state index contributed by atoms with van der Waals surface area (Å²) in [6, 6.07) is 3.37. The third-order valence-electron chi connectivity index (χ3n) is 1.39. The molecule has 1 aromatic heterocycles. The van der Waals surface area contributed by atoms with Crippen molar-refractivity contribution in [2.45, 2.75) is 12.8 Å². The normalized spacial score (nSPS) is 9.92. The molecule has 0 aliphatic rings. The summed E-state index contributed by atoms with van der Waals surface area (Å²) in [7, 11) is 0. The minimum absolute atomic E-state index is 0.0180. The molecule has 0 spiro atoms. The second kappa shape index (κ2) is 4.01. The number of rotatable bonds is 2. The lowest BCUT2D eigenvalue weighted by atomic mass is 10.2. The molecule has 0 saturated heterocycles. The topological polar surface area (TPSA) is 30.0 Å². The highest BCUT2D eigenvalue weighted by Crippen LogP contribution is 2.13. The predicted molar refractivity (Wildman–Crippen MR) is 51.5 cm³/mol. The van der Waals surface area contributed by atoms with E-state index >= 15 is 0 Å². The smallest absolute Gasteiger partial charge is 0.159 e. The minimum Gasteiger partial charge on any atom is -0.295 e. The molecule has 1 aromatic rings. The van der Waals surface area contributed by atoms with E-state index in [-0.39, 0.29) is 5.78 Å². The van der Waals surface area contributed by atoms with Gasteiger partial charge in [0, 0.05) is 5.56 Å². The Morgan fingerprint density at radius 2 is 2.33 bits per heavy atom. The first kappa shape index (κ1) is 9.68. The molecule has 0 amide bonds. The second-order valence-corrected chi connectivity index (χ2v) is 3.44. The van der Waals surface area contributed by atoms with Crippen LogP contribution in [0.5, 0.6) is 0 Å². The fourth-order valence-electron chi connectivity index (χ4n) is 0.823. The van der Waals surface area contributed by atoms with Crippen molar-refractivity contribution >= 4 is 33.3 Å². The summed E-state index contributed by atoms with van der Waals surface area (Å²) >= 11 is 8.78. The van der Waals surface area contributed by atoms with E-state index < -0.39 is 0 Å². The molecule has 1 heterocycles. The van der Waals surface area contributed by atoms with Gasteiger partial charge in [0.05, 0.1) is 11.6 Å². The molecule has 0 fully saturated rings. The van der Waals surface area contributed by atoms with Crippen LogP contribution in [0.15, 0.2) is 16.7 Å². The molecule has 4 heteroatoms. The molecule has 0 atom stereocenters. The lowest BCUT2D eigenvalue weighted by Crippen LogP contribution is -1.96. The molecule has 2 nitrogen and oxygen atoms in total. The van der Waals surface area contributed by atoms with Crippen LogP contribution in [0.25, 0.3) is 0 Å². The molecule has 0 aliphatic carbocycles. The van der Waals surface area contributed by atoms with Crippen molar-refractivity contribution < 1.29 is 4.79 Å². The third kappa shape index (κ3) is 2.29. The fraction of sp³-hybridized carbons (Fsp3) is 0.250. The van der Waals surface area contributed by atoms with Crippen molar-refractivity contribution in [3.63, 3.8) is 0 Å². The zero-order valence-electron chi connectivity index (χ0n) is 6.47. The van der Waals surface area contributed by atoms with E-state index in [9.17, 15) is 4.79 Å². The van der Waals surface area contributed by atoms with E-state index in [1.54, 1.807) is 12.1 Å². The fourth-order valence-corrected chi connectivity index (χ4v) is 1.43. The van der Waals surface area contributed by atoms with Crippen molar-refractivity contribution in [3.05, 3.63) is 28.0 Å². The van der Waals surface area contributed by atoms with Gasteiger partial charge in [0.15, 0.2) is 5.78 Å². The minimum atomic E-state index is 0.0180. The number of carbonyl (C=O) groups is 1. The summed E-state index contributed by atoms with van der Waals surface area (Å²) in [5.74, 6) is 0.337. The van der Waals surface area contributed by atoms with Crippen LogP contribution in [0.2, 0.25) is 0 Å². The number of Topliss-reactive ketones (excluding diaryl/α,β-unsaturated/α-hetero) is 1. The van der Waals surface area contributed by atoms with Crippen LogP contribution in [-0.4, -0.2) is 10.8 Å². The first-order valence-electron chi connectivity index (χ1n) is 3.37. The third-order valence-corrected chi connectivity index (χ3v) is 2.07. The van der Waals surface area contributed by atoms with Gasteiger partial charge in [0.1, 0.15) is 4.60 Å². The largest absolute Gasteiger partial charge is 0.295 e. The van der Waals surface area contributed by atoms with Gasteiger partial charge in [-0.3, -0.25) is 4.79 Å². The molecule has 0 unspecified atom stereocenters. The van der Waals surface area contributed by atoms with Crippen LogP contribution >= 0.6 is 27.5 Å². The van der Waals surface area contributed by atoms with Gasteiger partial charge >= 0.3 is 0 Å². The second-order valence-electron chi connectivity index (χ2n) is 2.36. The van der Waals surface area contributed by atoms with Gasteiger partial charge in [-0.05, 0) is 35.0 Å². The Bertz CT molecular complexity index is 314. The molecule has 1 rings (SSSR count). The van der Waals surface area contributed by atoms with Crippen LogP contribution in [0, 0.1) is 0 Å². The first-order valence-corrected chi connectivity index (χ1v) is 4.69. The lowest BCUT2D eigenvalue weighted by Gasteiger charge is -1.99. The highest BCUT2D eigenvalue weighted by molar-refractivity contribution is 9.10. The summed E-state index contributed by atoms with van der Waals surface area (Å²) in [6.07, 6.45) is 0. The molecular weight excluding hydrogens is 241 g/mol. The van der Waals surface area contributed by atoms with Crippen LogP contribution < -0.4 is 0 Å². The maximum absolute atomic E-state index is 11.0. The van der Waals surface area contributed by atoms with E-state index in [1.165, 1.54) is 6.92 Å².